The summed E-state index contributed by atoms with van der Waals surface area (Å²) in [6.45, 7) is 43.7. The standard InChI is InChI=1S/2C17H18N4O.C13H16N2O.ClH/c2*1-16(2)13-6-9-21(15-19-7-5-8-20-15)11-17(13,3)10-12(18-4)14(16)22;1-12(2)10-5-6-15-8-13(10,3)7-9(14-4)11(12)16;/h2*5-8,10H,9,11H2,1-3H3;5,7,15H,6,8H2,1-3H3;1H/t2*17-;;/m10../s1. The maximum atomic E-state index is 12.5. The maximum Gasteiger partial charge on any atom is 0.227 e. The van der Waals surface area contributed by atoms with Crippen molar-refractivity contribution in [3.8, 4) is 0 Å². The molecule has 0 amide bonds. The summed E-state index contributed by atoms with van der Waals surface area (Å²) in [5.74, 6) is 1.12. The van der Waals surface area contributed by atoms with Crippen molar-refractivity contribution in [3.63, 3.8) is 0 Å². The van der Waals surface area contributed by atoms with Crippen LogP contribution in [0.4, 0.5) is 11.9 Å². The van der Waals surface area contributed by atoms with E-state index in [1.165, 1.54) is 0 Å². The molecule has 3 aliphatic carbocycles. The highest BCUT2D eigenvalue weighted by molar-refractivity contribution is 6.06. The van der Waals surface area contributed by atoms with Gasteiger partial charge in [0.2, 0.25) is 29.0 Å². The normalized spacial score (nSPS) is 27.7. The third kappa shape index (κ3) is 8.23. The monoisotopic (exact) mass is 840 g/mol. The number of ketones is 3. The summed E-state index contributed by atoms with van der Waals surface area (Å²) in [6.07, 6.45) is 18.6. The molecular formula is C47H53ClN10O3. The zero-order valence-electron chi connectivity index (χ0n) is 36.3. The number of carbonyl (C=O) groups excluding carboxylic acids is 3. The molecule has 3 aliphatic heterocycles. The summed E-state index contributed by atoms with van der Waals surface area (Å²) in [4.78, 5) is 68.7. The van der Waals surface area contributed by atoms with Crippen molar-refractivity contribution in [2.24, 2.45) is 32.5 Å². The van der Waals surface area contributed by atoms with Crippen LogP contribution in [0.3, 0.4) is 0 Å². The summed E-state index contributed by atoms with van der Waals surface area (Å²) < 4.78 is 0. The predicted molar refractivity (Wildman–Crippen MR) is 238 cm³/mol. The fourth-order valence-electron chi connectivity index (χ4n) is 9.97. The SMILES string of the molecule is Cl.[C-]#[N+]C1=CC2(C)CNCC=C2C(C)(C)C1=O.[C-]#[N+]C1=C[C@@]2(C)CN(c3ncccn3)CC=C2C(C)(C)C1=O.[C-]#[N+]C1=C[C@]2(C)CN(c3ncccn3)CC=C2C(C)(C)C1=O. The first kappa shape index (κ1) is 46.0. The van der Waals surface area contributed by atoms with E-state index in [0.29, 0.717) is 38.1 Å². The van der Waals surface area contributed by atoms with Gasteiger partial charge in [0.15, 0.2) is 17.3 Å². The van der Waals surface area contributed by atoms with Crippen LogP contribution in [0, 0.1) is 52.2 Å². The topological polar surface area (TPSA) is 134 Å². The molecule has 0 bridgehead atoms. The molecule has 3 atom stereocenters. The molecule has 0 saturated carbocycles. The Morgan fingerprint density at radius 3 is 1.21 bits per heavy atom. The number of hydrogen-bond donors (Lipinski definition) is 1. The van der Waals surface area contributed by atoms with Crippen molar-refractivity contribution in [2.45, 2.75) is 62.3 Å². The van der Waals surface area contributed by atoms with E-state index in [1.54, 1.807) is 36.9 Å². The Labute approximate surface area is 365 Å². The zero-order chi connectivity index (χ0) is 43.9. The Balaban J connectivity index is 0.000000174. The minimum atomic E-state index is -0.632. The Kier molecular flexibility index (Phi) is 12.6. The zero-order valence-corrected chi connectivity index (χ0v) is 37.1. The molecule has 1 N–H and O–H groups in total. The van der Waals surface area contributed by atoms with Gasteiger partial charge in [0.25, 0.3) is 0 Å². The number of allylic oxidation sites excluding steroid dienone is 3. The van der Waals surface area contributed by atoms with Gasteiger partial charge >= 0.3 is 0 Å². The number of aromatic nitrogens is 4. The third-order valence-electron chi connectivity index (χ3n) is 12.7. The lowest BCUT2D eigenvalue weighted by atomic mass is 9.61. The number of carbonyl (C=O) groups is 3. The van der Waals surface area contributed by atoms with Gasteiger partial charge in [0, 0.05) is 96.5 Å². The minimum Gasteiger partial charge on any atom is -0.336 e. The van der Waals surface area contributed by atoms with Crippen LogP contribution in [0.2, 0.25) is 0 Å². The molecule has 2 aromatic heterocycles. The van der Waals surface area contributed by atoms with E-state index >= 15 is 0 Å². The first-order valence-electron chi connectivity index (χ1n) is 20.0. The lowest BCUT2D eigenvalue weighted by molar-refractivity contribution is -0.123. The highest BCUT2D eigenvalue weighted by Crippen LogP contribution is 2.52. The van der Waals surface area contributed by atoms with Crippen LogP contribution < -0.4 is 15.1 Å². The number of halogens is 1. The molecule has 13 nitrogen and oxygen atoms in total. The smallest absolute Gasteiger partial charge is 0.227 e. The van der Waals surface area contributed by atoms with Gasteiger partial charge in [-0.2, -0.15) is 0 Å². The number of nitrogens with zero attached hydrogens (tertiary/aromatic N) is 9. The molecule has 6 aliphatic rings. The Hall–Kier alpha value is -6.07. The second kappa shape index (κ2) is 16.8. The van der Waals surface area contributed by atoms with E-state index in [2.05, 4.69) is 88.6 Å². The molecule has 0 fully saturated rings. The van der Waals surface area contributed by atoms with Crippen LogP contribution in [0.5, 0.6) is 0 Å². The van der Waals surface area contributed by atoms with E-state index in [-0.39, 0.29) is 63.1 Å². The summed E-state index contributed by atoms with van der Waals surface area (Å²) in [5, 5.41) is 3.29. The molecular weight excluding hydrogens is 788 g/mol. The Bertz CT molecular complexity index is 2320. The molecule has 1 unspecified atom stereocenters. The molecule has 2 aromatic rings. The van der Waals surface area contributed by atoms with E-state index in [1.807, 2.05) is 59.8 Å². The van der Waals surface area contributed by atoms with Gasteiger partial charge in [0.1, 0.15) is 0 Å². The maximum absolute atomic E-state index is 12.5. The van der Waals surface area contributed by atoms with E-state index in [0.717, 1.165) is 29.8 Å². The second-order valence-electron chi connectivity index (χ2n) is 18.4. The highest BCUT2D eigenvalue weighted by Gasteiger charge is 2.51. The predicted octanol–water partition coefficient (Wildman–Crippen LogP) is 7.64. The lowest BCUT2D eigenvalue weighted by Gasteiger charge is -2.47. The average Bonchev–Trinajstić information content (AvgIpc) is 3.23. The van der Waals surface area contributed by atoms with Crippen molar-refractivity contribution in [3.05, 3.63) is 141 Å². The molecule has 0 saturated heterocycles. The van der Waals surface area contributed by atoms with Crippen molar-refractivity contribution in [1.29, 1.82) is 0 Å². The van der Waals surface area contributed by atoms with Gasteiger partial charge in [0.05, 0.1) is 19.7 Å². The van der Waals surface area contributed by atoms with Crippen molar-refractivity contribution < 1.29 is 14.4 Å². The highest BCUT2D eigenvalue weighted by atomic mass is 35.5. The first-order valence-corrected chi connectivity index (χ1v) is 20.0. The fraction of sp³-hybridized carbons (Fsp3) is 0.447. The number of fused-ring (bicyclic) bond motifs is 3. The van der Waals surface area contributed by atoms with Gasteiger partial charge in [-0.1, -0.05) is 115 Å². The van der Waals surface area contributed by atoms with Gasteiger partial charge < -0.3 is 29.5 Å². The van der Waals surface area contributed by atoms with Crippen LogP contribution in [-0.4, -0.2) is 76.6 Å². The molecule has 61 heavy (non-hydrogen) atoms. The van der Waals surface area contributed by atoms with Crippen molar-refractivity contribution >= 4 is 41.7 Å². The van der Waals surface area contributed by atoms with Gasteiger partial charge in [-0.15, -0.1) is 12.4 Å². The van der Waals surface area contributed by atoms with Crippen molar-refractivity contribution in [1.82, 2.24) is 25.3 Å². The molecule has 8 rings (SSSR count). The number of hydrogen-bond acceptors (Lipinski definition) is 10. The number of Topliss-reactive ketones (excluding diaryl/α,β-unsaturated/α-hetero) is 3. The van der Waals surface area contributed by atoms with Gasteiger partial charge in [-0.25, -0.2) is 34.5 Å². The van der Waals surface area contributed by atoms with E-state index < -0.39 is 16.2 Å². The average molecular weight is 841 g/mol. The van der Waals surface area contributed by atoms with E-state index in [4.69, 9.17) is 19.7 Å². The number of anilines is 2. The molecule has 5 heterocycles. The molecule has 0 spiro atoms. The van der Waals surface area contributed by atoms with Crippen LogP contribution >= 0.6 is 12.4 Å². The molecule has 0 radical (unpaired) electrons. The molecule has 316 valence electrons. The Morgan fingerprint density at radius 2 is 0.869 bits per heavy atom. The van der Waals surface area contributed by atoms with Gasteiger partial charge in [-0.05, 0) is 12.1 Å². The number of nitrogens with one attached hydrogen (secondary N) is 1. The van der Waals surface area contributed by atoms with Gasteiger partial charge in [-0.3, -0.25) is 0 Å². The second-order valence-corrected chi connectivity index (χ2v) is 18.4. The van der Waals surface area contributed by atoms with E-state index in [9.17, 15) is 14.4 Å². The molecule has 14 heteroatoms. The minimum absolute atomic E-state index is 0. The van der Waals surface area contributed by atoms with Crippen LogP contribution in [0.15, 0.2) is 107 Å². The van der Waals surface area contributed by atoms with Crippen LogP contribution in [0.25, 0.3) is 14.5 Å². The number of rotatable bonds is 2. The summed E-state index contributed by atoms with van der Waals surface area (Å²) in [7, 11) is 0. The van der Waals surface area contributed by atoms with Crippen LogP contribution in [-0.2, 0) is 14.4 Å². The first-order chi connectivity index (χ1) is 28.2. The summed E-state index contributed by atoms with van der Waals surface area (Å²) in [5.41, 5.74) is 1.39. The fourth-order valence-corrected chi connectivity index (χ4v) is 9.97. The summed E-state index contributed by atoms with van der Waals surface area (Å²) in [6, 6.07) is 3.57. The quantitative estimate of drug-likeness (QED) is 0.238. The summed E-state index contributed by atoms with van der Waals surface area (Å²) >= 11 is 0. The largest absolute Gasteiger partial charge is 0.336 e. The lowest BCUT2D eigenvalue weighted by Crippen LogP contribution is -2.49. The Morgan fingerprint density at radius 1 is 0.541 bits per heavy atom. The van der Waals surface area contributed by atoms with Crippen LogP contribution in [0.1, 0.15) is 62.3 Å². The third-order valence-corrected chi connectivity index (χ3v) is 12.7. The molecule has 0 aromatic carbocycles. The van der Waals surface area contributed by atoms with Crippen molar-refractivity contribution in [2.75, 3.05) is 49.1 Å².